The zero-order chi connectivity index (χ0) is 14.9. The van der Waals surface area contributed by atoms with E-state index in [1.165, 1.54) is 4.90 Å². The molecular formula is C11H12FIN4O3. The van der Waals surface area contributed by atoms with Crippen molar-refractivity contribution in [2.45, 2.75) is 6.04 Å². The minimum Gasteiger partial charge on any atom is -0.368 e. The van der Waals surface area contributed by atoms with E-state index < -0.39 is 22.7 Å². The molecule has 0 saturated carbocycles. The van der Waals surface area contributed by atoms with Gasteiger partial charge in [0, 0.05) is 31.8 Å². The predicted octanol–water partition coefficient (Wildman–Crippen LogP) is 0.602. The van der Waals surface area contributed by atoms with Gasteiger partial charge in [0.1, 0.15) is 17.5 Å². The van der Waals surface area contributed by atoms with E-state index in [-0.39, 0.29) is 21.5 Å². The largest absolute Gasteiger partial charge is 0.368 e. The van der Waals surface area contributed by atoms with Crippen LogP contribution in [0.4, 0.5) is 15.8 Å². The molecule has 1 aromatic carbocycles. The fourth-order valence-electron chi connectivity index (χ4n) is 2.15. The van der Waals surface area contributed by atoms with Crippen molar-refractivity contribution in [3.05, 3.63) is 31.6 Å². The number of primary amides is 1. The number of benzene rings is 1. The summed E-state index contributed by atoms with van der Waals surface area (Å²) in [7, 11) is 0. The number of amides is 1. The van der Waals surface area contributed by atoms with Gasteiger partial charge in [0.05, 0.1) is 8.49 Å². The lowest BCUT2D eigenvalue weighted by Gasteiger charge is -2.35. The SMILES string of the molecule is NC(=O)C1CNCCN1c1cc(F)c(I)cc1[N+](=O)[O-]. The van der Waals surface area contributed by atoms with E-state index in [1.807, 2.05) is 0 Å². The maximum absolute atomic E-state index is 13.7. The summed E-state index contributed by atoms with van der Waals surface area (Å²) in [5.74, 6) is -1.17. The summed E-state index contributed by atoms with van der Waals surface area (Å²) >= 11 is 1.69. The monoisotopic (exact) mass is 394 g/mol. The number of nitrogens with one attached hydrogen (secondary N) is 1. The summed E-state index contributed by atoms with van der Waals surface area (Å²) in [6.45, 7) is 1.16. The van der Waals surface area contributed by atoms with Gasteiger partial charge in [-0.05, 0) is 22.6 Å². The second-order valence-corrected chi connectivity index (χ2v) is 5.49. The molecule has 1 fully saturated rings. The zero-order valence-corrected chi connectivity index (χ0v) is 12.5. The van der Waals surface area contributed by atoms with Crippen LogP contribution in [0, 0.1) is 19.5 Å². The number of piperazine rings is 1. The predicted molar refractivity (Wildman–Crippen MR) is 79.0 cm³/mol. The third-order valence-corrected chi connectivity index (χ3v) is 3.92. The maximum Gasteiger partial charge on any atom is 0.293 e. The first kappa shape index (κ1) is 14.9. The van der Waals surface area contributed by atoms with Crippen LogP contribution in [0.3, 0.4) is 0 Å². The van der Waals surface area contributed by atoms with E-state index in [0.29, 0.717) is 13.1 Å². The van der Waals surface area contributed by atoms with Gasteiger partial charge in [-0.2, -0.15) is 0 Å². The van der Waals surface area contributed by atoms with Crippen LogP contribution in [-0.2, 0) is 4.79 Å². The van der Waals surface area contributed by atoms with Crippen LogP contribution in [0.2, 0.25) is 0 Å². The Morgan fingerprint density at radius 3 is 2.90 bits per heavy atom. The first-order chi connectivity index (χ1) is 9.41. The highest BCUT2D eigenvalue weighted by Gasteiger charge is 2.32. The van der Waals surface area contributed by atoms with Crippen molar-refractivity contribution < 1.29 is 14.1 Å². The summed E-state index contributed by atoms with van der Waals surface area (Å²) in [5, 5.41) is 14.1. The van der Waals surface area contributed by atoms with Crippen molar-refractivity contribution in [3.8, 4) is 0 Å². The quantitative estimate of drug-likeness (QED) is 0.444. The van der Waals surface area contributed by atoms with Crippen molar-refractivity contribution in [3.63, 3.8) is 0 Å². The van der Waals surface area contributed by atoms with Gasteiger partial charge in [-0.15, -0.1) is 0 Å². The smallest absolute Gasteiger partial charge is 0.293 e. The minimum atomic E-state index is -0.734. The number of carbonyl (C=O) groups excluding carboxylic acids is 1. The number of carbonyl (C=O) groups is 1. The molecule has 3 N–H and O–H groups in total. The molecule has 0 bridgehead atoms. The average molecular weight is 394 g/mol. The molecule has 20 heavy (non-hydrogen) atoms. The highest BCUT2D eigenvalue weighted by atomic mass is 127. The third-order valence-electron chi connectivity index (χ3n) is 3.10. The van der Waals surface area contributed by atoms with Crippen LogP contribution < -0.4 is 16.0 Å². The molecule has 7 nitrogen and oxygen atoms in total. The second kappa shape index (κ2) is 5.87. The number of hydrogen-bond acceptors (Lipinski definition) is 5. The van der Waals surface area contributed by atoms with Gasteiger partial charge >= 0.3 is 0 Å². The van der Waals surface area contributed by atoms with E-state index >= 15 is 0 Å². The molecule has 1 atom stereocenters. The highest BCUT2D eigenvalue weighted by molar-refractivity contribution is 14.1. The molecule has 0 spiro atoms. The first-order valence-electron chi connectivity index (χ1n) is 5.82. The molecule has 1 saturated heterocycles. The number of hydrogen-bond donors (Lipinski definition) is 2. The Hall–Kier alpha value is -1.49. The topological polar surface area (TPSA) is 102 Å². The maximum atomic E-state index is 13.7. The fourth-order valence-corrected chi connectivity index (χ4v) is 2.60. The zero-order valence-electron chi connectivity index (χ0n) is 10.3. The second-order valence-electron chi connectivity index (χ2n) is 4.33. The van der Waals surface area contributed by atoms with Gasteiger partial charge in [0.15, 0.2) is 0 Å². The molecule has 1 aliphatic heterocycles. The van der Waals surface area contributed by atoms with Crippen molar-refractivity contribution in [2.24, 2.45) is 5.73 Å². The van der Waals surface area contributed by atoms with Gasteiger partial charge in [-0.3, -0.25) is 14.9 Å². The van der Waals surface area contributed by atoms with E-state index in [4.69, 9.17) is 5.73 Å². The van der Waals surface area contributed by atoms with Gasteiger partial charge in [-0.25, -0.2) is 4.39 Å². The number of nitro groups is 1. The normalized spacial score (nSPS) is 18.9. The molecule has 9 heteroatoms. The van der Waals surface area contributed by atoms with E-state index in [1.54, 1.807) is 22.6 Å². The van der Waals surface area contributed by atoms with Crippen molar-refractivity contribution in [1.82, 2.24) is 5.32 Å². The number of nitrogens with two attached hydrogens (primary N) is 1. The third kappa shape index (κ3) is 2.82. The van der Waals surface area contributed by atoms with Crippen LogP contribution in [-0.4, -0.2) is 36.5 Å². The average Bonchev–Trinajstić information content (AvgIpc) is 2.41. The number of nitro benzene ring substituents is 1. The molecule has 0 radical (unpaired) electrons. The Morgan fingerprint density at radius 2 is 2.30 bits per heavy atom. The van der Waals surface area contributed by atoms with Gasteiger partial charge in [-0.1, -0.05) is 0 Å². The summed E-state index contributed by atoms with van der Waals surface area (Å²) in [5.41, 5.74) is 5.15. The molecule has 108 valence electrons. The van der Waals surface area contributed by atoms with Crippen LogP contribution >= 0.6 is 22.6 Å². The van der Waals surface area contributed by atoms with Gasteiger partial charge in [0.2, 0.25) is 5.91 Å². The van der Waals surface area contributed by atoms with Gasteiger partial charge in [0.25, 0.3) is 5.69 Å². The molecule has 1 aliphatic rings. The number of rotatable bonds is 3. The van der Waals surface area contributed by atoms with Crippen molar-refractivity contribution in [1.29, 1.82) is 0 Å². The summed E-state index contributed by atoms with van der Waals surface area (Å²) in [6, 6.07) is 1.51. The lowest BCUT2D eigenvalue weighted by atomic mass is 10.1. The lowest BCUT2D eigenvalue weighted by molar-refractivity contribution is -0.384. The van der Waals surface area contributed by atoms with Crippen LogP contribution in [0.1, 0.15) is 0 Å². The molecule has 0 aromatic heterocycles. The summed E-state index contributed by atoms with van der Waals surface area (Å²) in [6.07, 6.45) is 0. The van der Waals surface area contributed by atoms with Crippen LogP contribution in [0.15, 0.2) is 12.1 Å². The molecule has 1 unspecified atom stereocenters. The minimum absolute atomic E-state index is 0.0817. The van der Waals surface area contributed by atoms with E-state index in [0.717, 1.165) is 12.1 Å². The van der Waals surface area contributed by atoms with Crippen LogP contribution in [0.5, 0.6) is 0 Å². The summed E-state index contributed by atoms with van der Waals surface area (Å²) in [4.78, 5) is 23.5. The van der Waals surface area contributed by atoms with Gasteiger partial charge < -0.3 is 16.0 Å². The molecule has 2 rings (SSSR count). The first-order valence-corrected chi connectivity index (χ1v) is 6.90. The number of halogens is 2. The Bertz CT molecular complexity index is 569. The van der Waals surface area contributed by atoms with E-state index in [9.17, 15) is 19.3 Å². The Labute approximate surface area is 127 Å². The van der Waals surface area contributed by atoms with Crippen molar-refractivity contribution in [2.75, 3.05) is 24.5 Å². The van der Waals surface area contributed by atoms with Crippen LogP contribution in [0.25, 0.3) is 0 Å². The molecule has 1 heterocycles. The van der Waals surface area contributed by atoms with Crippen molar-refractivity contribution >= 4 is 39.9 Å². The molecular weight excluding hydrogens is 382 g/mol. The highest BCUT2D eigenvalue weighted by Crippen LogP contribution is 2.33. The van der Waals surface area contributed by atoms with E-state index in [2.05, 4.69) is 5.32 Å². The standard InChI is InChI=1S/C11H12FIN4O3/c12-6-3-8(9(17(19)20)4-7(6)13)16-2-1-15-5-10(16)11(14)18/h3-4,10,15H,1-2,5H2,(H2,14,18). The summed E-state index contributed by atoms with van der Waals surface area (Å²) < 4.78 is 13.9. The number of anilines is 1. The Kier molecular flexibility index (Phi) is 4.38. The number of nitrogens with zero attached hydrogens (tertiary/aromatic N) is 2. The lowest BCUT2D eigenvalue weighted by Crippen LogP contribution is -2.57. The Balaban J connectivity index is 2.51. The fraction of sp³-hybridized carbons (Fsp3) is 0.364. The Morgan fingerprint density at radius 1 is 1.60 bits per heavy atom. The molecule has 0 aliphatic carbocycles. The molecule has 1 amide bonds. The molecule has 1 aromatic rings.